The number of nitrogens with zero attached hydrogens (tertiary/aromatic N) is 1. The summed E-state index contributed by atoms with van der Waals surface area (Å²) in [7, 11) is 1.68. The van der Waals surface area contributed by atoms with Crippen molar-refractivity contribution in [1.29, 1.82) is 0 Å². The molecule has 0 aliphatic heterocycles. The third-order valence-electron chi connectivity index (χ3n) is 6.50. The summed E-state index contributed by atoms with van der Waals surface area (Å²) in [5, 5.41) is 0. The van der Waals surface area contributed by atoms with Gasteiger partial charge >= 0.3 is 0 Å². The van der Waals surface area contributed by atoms with Crippen molar-refractivity contribution in [2.75, 3.05) is 7.11 Å². The van der Waals surface area contributed by atoms with Gasteiger partial charge in [-0.3, -0.25) is 4.98 Å². The molecule has 0 unspecified atom stereocenters. The minimum Gasteiger partial charge on any atom is -0.497 e. The number of rotatable bonds is 7. The zero-order valence-electron chi connectivity index (χ0n) is 19.5. The highest BCUT2D eigenvalue weighted by Gasteiger charge is 2.28. The number of para-hydroxylation sites is 1. The van der Waals surface area contributed by atoms with E-state index in [2.05, 4.69) is 74.5 Å². The van der Waals surface area contributed by atoms with Crippen LogP contribution in [0.1, 0.15) is 41.9 Å². The molecule has 0 N–H and O–H groups in total. The first-order valence-electron chi connectivity index (χ1n) is 11.7. The smallest absolute Gasteiger partial charge is 0.127 e. The molecule has 0 saturated heterocycles. The van der Waals surface area contributed by atoms with Crippen LogP contribution in [0.4, 0.5) is 0 Å². The summed E-state index contributed by atoms with van der Waals surface area (Å²) in [5.74, 6) is 1.76. The molecule has 0 atom stereocenters. The van der Waals surface area contributed by atoms with Crippen LogP contribution in [0.2, 0.25) is 0 Å². The molecule has 0 fully saturated rings. The molecule has 3 nitrogen and oxygen atoms in total. The molecule has 1 aromatic heterocycles. The SMILES string of the molecule is CCc1nc2c(c(-c3ccccc3OCc3ccc(OC)cc3)c1CC)-c1ccccc1C2. The fourth-order valence-corrected chi connectivity index (χ4v) is 4.89. The molecule has 1 heterocycles. The van der Waals surface area contributed by atoms with Gasteiger partial charge in [-0.2, -0.15) is 0 Å². The van der Waals surface area contributed by atoms with E-state index in [0.29, 0.717) is 6.61 Å². The molecule has 166 valence electrons. The van der Waals surface area contributed by atoms with E-state index in [9.17, 15) is 0 Å². The van der Waals surface area contributed by atoms with Crippen LogP contribution >= 0.6 is 0 Å². The molecule has 0 spiro atoms. The summed E-state index contributed by atoms with van der Waals surface area (Å²) >= 11 is 0. The maximum absolute atomic E-state index is 6.41. The van der Waals surface area contributed by atoms with Crippen LogP contribution in [-0.2, 0) is 25.9 Å². The van der Waals surface area contributed by atoms with Crippen LogP contribution in [0.5, 0.6) is 11.5 Å². The average Bonchev–Trinajstić information content (AvgIpc) is 3.25. The van der Waals surface area contributed by atoms with Crippen molar-refractivity contribution >= 4 is 0 Å². The van der Waals surface area contributed by atoms with E-state index >= 15 is 0 Å². The molecule has 5 rings (SSSR count). The predicted molar refractivity (Wildman–Crippen MR) is 134 cm³/mol. The first-order chi connectivity index (χ1) is 16.2. The van der Waals surface area contributed by atoms with Gasteiger partial charge in [-0.25, -0.2) is 0 Å². The Bertz CT molecular complexity index is 1290. The van der Waals surface area contributed by atoms with Gasteiger partial charge in [0.25, 0.3) is 0 Å². The van der Waals surface area contributed by atoms with Crippen LogP contribution in [0.25, 0.3) is 22.3 Å². The van der Waals surface area contributed by atoms with Crippen LogP contribution in [-0.4, -0.2) is 12.1 Å². The van der Waals surface area contributed by atoms with E-state index in [-0.39, 0.29) is 0 Å². The Morgan fingerprint density at radius 3 is 2.24 bits per heavy atom. The number of aryl methyl sites for hydroxylation is 1. The number of benzene rings is 3. The van der Waals surface area contributed by atoms with Crippen molar-refractivity contribution in [1.82, 2.24) is 4.98 Å². The second kappa shape index (κ2) is 9.11. The molecule has 0 bridgehead atoms. The number of hydrogen-bond acceptors (Lipinski definition) is 3. The molecule has 0 amide bonds. The highest BCUT2D eigenvalue weighted by Crippen LogP contribution is 2.47. The number of aromatic nitrogens is 1. The lowest BCUT2D eigenvalue weighted by molar-refractivity contribution is 0.307. The molecular weight excluding hydrogens is 406 g/mol. The van der Waals surface area contributed by atoms with E-state index in [0.717, 1.165) is 41.9 Å². The predicted octanol–water partition coefficient (Wildman–Crippen LogP) is 7.03. The third-order valence-corrected chi connectivity index (χ3v) is 6.50. The molecule has 33 heavy (non-hydrogen) atoms. The molecule has 1 aliphatic rings. The van der Waals surface area contributed by atoms with Crippen molar-refractivity contribution in [3.05, 3.63) is 101 Å². The summed E-state index contributed by atoms with van der Waals surface area (Å²) in [5.41, 5.74) is 11.2. The van der Waals surface area contributed by atoms with Gasteiger partial charge in [0.1, 0.15) is 18.1 Å². The highest BCUT2D eigenvalue weighted by atomic mass is 16.5. The summed E-state index contributed by atoms with van der Waals surface area (Å²) in [6.07, 6.45) is 2.76. The molecule has 3 heteroatoms. The topological polar surface area (TPSA) is 31.4 Å². The minimum absolute atomic E-state index is 0.507. The first-order valence-corrected chi connectivity index (χ1v) is 11.7. The van der Waals surface area contributed by atoms with Crippen molar-refractivity contribution in [2.45, 2.75) is 39.7 Å². The van der Waals surface area contributed by atoms with Crippen molar-refractivity contribution in [3.63, 3.8) is 0 Å². The standard InChI is InChI=1S/C30H29NO2/c1-4-23-26(5-2)31-27-18-21-10-6-7-11-24(21)30(27)29(23)25-12-8-9-13-28(25)33-19-20-14-16-22(32-3)17-15-20/h6-17H,4-5,18-19H2,1-3H3. The largest absolute Gasteiger partial charge is 0.497 e. The normalized spacial score (nSPS) is 11.7. The Labute approximate surface area is 196 Å². The van der Waals surface area contributed by atoms with Crippen LogP contribution < -0.4 is 9.47 Å². The summed E-state index contributed by atoms with van der Waals surface area (Å²) in [4.78, 5) is 5.13. The maximum Gasteiger partial charge on any atom is 0.127 e. The van der Waals surface area contributed by atoms with E-state index in [4.69, 9.17) is 14.5 Å². The molecule has 3 aromatic carbocycles. The molecular formula is C30H29NO2. The van der Waals surface area contributed by atoms with Crippen LogP contribution in [0.15, 0.2) is 72.8 Å². The van der Waals surface area contributed by atoms with E-state index < -0.39 is 0 Å². The lowest BCUT2D eigenvalue weighted by atomic mass is 9.88. The fourth-order valence-electron chi connectivity index (χ4n) is 4.89. The lowest BCUT2D eigenvalue weighted by Crippen LogP contribution is -2.05. The van der Waals surface area contributed by atoms with Gasteiger partial charge in [-0.15, -0.1) is 0 Å². The number of hydrogen-bond donors (Lipinski definition) is 0. The fraction of sp³-hybridized carbons (Fsp3) is 0.233. The van der Waals surface area contributed by atoms with Gasteiger partial charge < -0.3 is 9.47 Å². The van der Waals surface area contributed by atoms with Crippen molar-refractivity contribution in [3.8, 4) is 33.8 Å². The minimum atomic E-state index is 0.507. The third kappa shape index (κ3) is 3.89. The highest BCUT2D eigenvalue weighted by molar-refractivity contribution is 5.93. The van der Waals surface area contributed by atoms with Crippen molar-refractivity contribution in [2.24, 2.45) is 0 Å². The van der Waals surface area contributed by atoms with Gasteiger partial charge in [-0.1, -0.05) is 68.4 Å². The molecule has 4 aromatic rings. The second-order valence-corrected chi connectivity index (χ2v) is 8.41. The first kappa shape index (κ1) is 21.3. The van der Waals surface area contributed by atoms with E-state index in [1.54, 1.807) is 7.11 Å². The molecule has 1 aliphatic carbocycles. The Morgan fingerprint density at radius 1 is 0.788 bits per heavy atom. The summed E-state index contributed by atoms with van der Waals surface area (Å²) in [6, 6.07) is 25.2. The second-order valence-electron chi connectivity index (χ2n) is 8.41. The lowest BCUT2D eigenvalue weighted by Gasteiger charge is -2.20. The summed E-state index contributed by atoms with van der Waals surface area (Å²) in [6.45, 7) is 4.94. The number of ether oxygens (including phenoxy) is 2. The van der Waals surface area contributed by atoms with Gasteiger partial charge in [0, 0.05) is 28.8 Å². The monoisotopic (exact) mass is 435 g/mol. The van der Waals surface area contributed by atoms with Gasteiger partial charge in [0.05, 0.1) is 12.8 Å². The van der Waals surface area contributed by atoms with Gasteiger partial charge in [0.2, 0.25) is 0 Å². The Hall–Kier alpha value is -3.59. The van der Waals surface area contributed by atoms with Crippen LogP contribution in [0.3, 0.4) is 0 Å². The van der Waals surface area contributed by atoms with Crippen LogP contribution in [0, 0.1) is 0 Å². The maximum atomic E-state index is 6.41. The molecule has 0 radical (unpaired) electrons. The number of methoxy groups -OCH3 is 1. The average molecular weight is 436 g/mol. The number of pyridine rings is 1. The zero-order valence-corrected chi connectivity index (χ0v) is 19.5. The van der Waals surface area contributed by atoms with Gasteiger partial charge in [-0.05, 0) is 53.3 Å². The Morgan fingerprint density at radius 2 is 1.52 bits per heavy atom. The quantitative estimate of drug-likeness (QED) is 0.275. The Balaban J connectivity index is 1.62. The van der Waals surface area contributed by atoms with Crippen molar-refractivity contribution < 1.29 is 9.47 Å². The number of fused-ring (bicyclic) bond motifs is 3. The van der Waals surface area contributed by atoms with E-state index in [1.165, 1.54) is 39.2 Å². The zero-order chi connectivity index (χ0) is 22.8. The molecule has 0 saturated carbocycles. The Kier molecular flexibility index (Phi) is 5.87. The van der Waals surface area contributed by atoms with Gasteiger partial charge in [0.15, 0.2) is 0 Å². The summed E-state index contributed by atoms with van der Waals surface area (Å²) < 4.78 is 11.7. The van der Waals surface area contributed by atoms with E-state index in [1.807, 2.05) is 12.1 Å².